The zero-order valence-electron chi connectivity index (χ0n) is 9.59. The van der Waals surface area contributed by atoms with Gasteiger partial charge in [-0.2, -0.15) is 0 Å². The highest BCUT2D eigenvalue weighted by atomic mass is 79.9. The Morgan fingerprint density at radius 2 is 2.12 bits per heavy atom. The van der Waals surface area contributed by atoms with Gasteiger partial charge in [-0.1, -0.05) is 28.1 Å². The summed E-state index contributed by atoms with van der Waals surface area (Å²) >= 11 is 3.51. The summed E-state index contributed by atoms with van der Waals surface area (Å²) in [6.07, 6.45) is 6.74. The quantitative estimate of drug-likeness (QED) is 0.824. The third kappa shape index (κ3) is 2.17. The Labute approximate surface area is 109 Å². The van der Waals surface area contributed by atoms with Gasteiger partial charge in [0, 0.05) is 27.1 Å². The fraction of sp³-hybridized carbons (Fsp3) is 0.286. The Morgan fingerprint density at radius 3 is 3.06 bits per heavy atom. The van der Waals surface area contributed by atoms with Crippen molar-refractivity contribution in [2.24, 2.45) is 0 Å². The maximum atomic E-state index is 3.51. The van der Waals surface area contributed by atoms with E-state index in [0.29, 0.717) is 0 Å². The van der Waals surface area contributed by atoms with Crippen LogP contribution in [0.3, 0.4) is 0 Å². The predicted molar refractivity (Wildman–Crippen MR) is 76.1 cm³/mol. The van der Waals surface area contributed by atoms with Crippen LogP contribution in [-0.2, 0) is 0 Å². The topological polar surface area (TPSA) is 27.8 Å². The molecule has 2 nitrogen and oxygen atoms in total. The first kappa shape index (κ1) is 11.1. The van der Waals surface area contributed by atoms with E-state index in [9.17, 15) is 0 Å². The van der Waals surface area contributed by atoms with Gasteiger partial charge in [0.1, 0.15) is 0 Å². The molecule has 1 aliphatic rings. The summed E-state index contributed by atoms with van der Waals surface area (Å²) in [5.41, 5.74) is 4.02. The lowest BCUT2D eigenvalue weighted by Gasteiger charge is -2.03. The van der Waals surface area contributed by atoms with Crippen LogP contribution in [0.2, 0.25) is 0 Å². The highest BCUT2D eigenvalue weighted by molar-refractivity contribution is 9.10. The number of hydrogen-bond donors (Lipinski definition) is 2. The third-order valence-corrected chi connectivity index (χ3v) is 3.77. The molecule has 1 aliphatic heterocycles. The summed E-state index contributed by atoms with van der Waals surface area (Å²) < 4.78 is 1.12. The maximum absolute atomic E-state index is 3.51. The summed E-state index contributed by atoms with van der Waals surface area (Å²) in [5, 5.41) is 4.75. The second-order valence-corrected chi connectivity index (χ2v) is 5.33. The van der Waals surface area contributed by atoms with Gasteiger partial charge in [-0.15, -0.1) is 0 Å². The smallest absolute Gasteiger partial charge is 0.0471 e. The van der Waals surface area contributed by atoms with E-state index in [0.717, 1.165) is 30.4 Å². The molecule has 0 amide bonds. The van der Waals surface area contributed by atoms with Crippen LogP contribution in [0.4, 0.5) is 0 Å². The number of rotatable bonds is 1. The molecule has 0 saturated heterocycles. The van der Waals surface area contributed by atoms with Gasteiger partial charge in [-0.25, -0.2) is 0 Å². The van der Waals surface area contributed by atoms with E-state index < -0.39 is 0 Å². The average molecular weight is 291 g/mol. The van der Waals surface area contributed by atoms with Gasteiger partial charge in [0.25, 0.3) is 0 Å². The number of halogens is 1. The molecule has 0 bridgehead atoms. The Bertz CT molecular complexity index is 569. The minimum atomic E-state index is 1.08. The van der Waals surface area contributed by atoms with Gasteiger partial charge in [-0.05, 0) is 43.6 Å². The van der Waals surface area contributed by atoms with Crippen molar-refractivity contribution in [2.45, 2.75) is 12.8 Å². The van der Waals surface area contributed by atoms with Crippen LogP contribution in [0.1, 0.15) is 18.4 Å². The van der Waals surface area contributed by atoms with Crippen LogP contribution in [0, 0.1) is 0 Å². The zero-order valence-corrected chi connectivity index (χ0v) is 11.2. The van der Waals surface area contributed by atoms with Crippen molar-refractivity contribution in [3.05, 3.63) is 40.5 Å². The Balaban J connectivity index is 2.07. The molecule has 0 spiro atoms. The number of fused-ring (bicyclic) bond motifs is 1. The fourth-order valence-corrected chi connectivity index (χ4v) is 2.77. The van der Waals surface area contributed by atoms with Crippen molar-refractivity contribution in [3.8, 4) is 0 Å². The second-order valence-electron chi connectivity index (χ2n) is 4.41. The second kappa shape index (κ2) is 4.67. The van der Waals surface area contributed by atoms with Crippen LogP contribution >= 0.6 is 15.9 Å². The Hall–Kier alpha value is -1.06. The molecule has 2 aromatic rings. The zero-order chi connectivity index (χ0) is 11.7. The summed E-state index contributed by atoms with van der Waals surface area (Å²) in [7, 11) is 0. The summed E-state index contributed by atoms with van der Waals surface area (Å²) in [4.78, 5) is 3.36. The first-order valence-electron chi connectivity index (χ1n) is 6.01. The Kier molecular flexibility index (Phi) is 3.04. The predicted octanol–water partition coefficient (Wildman–Crippen LogP) is 3.70. The van der Waals surface area contributed by atoms with Crippen LogP contribution in [0.5, 0.6) is 0 Å². The van der Waals surface area contributed by atoms with Crippen LogP contribution < -0.4 is 5.32 Å². The van der Waals surface area contributed by atoms with Gasteiger partial charge in [0.05, 0.1) is 0 Å². The van der Waals surface area contributed by atoms with Gasteiger partial charge >= 0.3 is 0 Å². The van der Waals surface area contributed by atoms with E-state index >= 15 is 0 Å². The molecule has 0 saturated carbocycles. The van der Waals surface area contributed by atoms with E-state index in [1.807, 2.05) is 0 Å². The monoisotopic (exact) mass is 290 g/mol. The minimum Gasteiger partial charge on any atom is -0.361 e. The van der Waals surface area contributed by atoms with Crippen LogP contribution in [0.25, 0.3) is 16.5 Å². The summed E-state index contributed by atoms with van der Waals surface area (Å²) in [6, 6.07) is 6.42. The van der Waals surface area contributed by atoms with Crippen molar-refractivity contribution < 1.29 is 0 Å². The molecule has 88 valence electrons. The standard InChI is InChI=1S/C14H15BrN2/c15-11-3-4-12-13(9-17-14(12)8-11)10-2-1-6-16-7-5-10/h2-4,8-9,16-17H,1,5-7H2. The molecule has 17 heavy (non-hydrogen) atoms. The van der Waals surface area contributed by atoms with Crippen LogP contribution in [-0.4, -0.2) is 18.1 Å². The number of aromatic amines is 1. The van der Waals surface area contributed by atoms with Crippen molar-refractivity contribution in [1.29, 1.82) is 0 Å². The number of aromatic nitrogens is 1. The molecule has 0 aliphatic carbocycles. The van der Waals surface area contributed by atoms with Gasteiger partial charge < -0.3 is 10.3 Å². The number of H-pyrrole nitrogens is 1. The molecule has 2 heterocycles. The summed E-state index contributed by atoms with van der Waals surface area (Å²) in [6.45, 7) is 2.17. The number of hydrogen-bond acceptors (Lipinski definition) is 1. The van der Waals surface area contributed by atoms with Gasteiger partial charge in [0.2, 0.25) is 0 Å². The molecule has 0 fully saturated rings. The van der Waals surface area contributed by atoms with Crippen LogP contribution in [0.15, 0.2) is 34.9 Å². The lowest BCUT2D eigenvalue weighted by atomic mass is 10.0. The molecule has 3 rings (SSSR count). The molecule has 0 atom stereocenters. The minimum absolute atomic E-state index is 1.08. The molecule has 0 unspecified atom stereocenters. The van der Waals surface area contributed by atoms with E-state index in [-0.39, 0.29) is 0 Å². The largest absolute Gasteiger partial charge is 0.361 e. The Morgan fingerprint density at radius 1 is 1.18 bits per heavy atom. The first-order valence-corrected chi connectivity index (χ1v) is 6.80. The lowest BCUT2D eigenvalue weighted by Crippen LogP contribution is -2.13. The van der Waals surface area contributed by atoms with E-state index in [1.54, 1.807) is 0 Å². The first-order chi connectivity index (χ1) is 8.34. The van der Waals surface area contributed by atoms with Crippen molar-refractivity contribution in [3.63, 3.8) is 0 Å². The molecule has 3 heteroatoms. The lowest BCUT2D eigenvalue weighted by molar-refractivity contribution is 0.718. The van der Waals surface area contributed by atoms with Crippen molar-refractivity contribution >= 4 is 32.4 Å². The SMILES string of the molecule is Brc1ccc2c(C3=CCCNCC3)c[nH]c2c1. The molecular weight excluding hydrogens is 276 g/mol. The van der Waals surface area contributed by atoms with E-state index in [1.165, 1.54) is 22.0 Å². The molecular formula is C14H15BrN2. The van der Waals surface area contributed by atoms with Gasteiger partial charge in [0.15, 0.2) is 0 Å². The molecule has 1 aromatic carbocycles. The summed E-state index contributed by atoms with van der Waals surface area (Å²) in [5.74, 6) is 0. The third-order valence-electron chi connectivity index (χ3n) is 3.27. The number of benzene rings is 1. The van der Waals surface area contributed by atoms with Gasteiger partial charge in [-0.3, -0.25) is 0 Å². The molecule has 2 N–H and O–H groups in total. The fourth-order valence-electron chi connectivity index (χ4n) is 2.41. The van der Waals surface area contributed by atoms with Crippen molar-refractivity contribution in [2.75, 3.05) is 13.1 Å². The average Bonchev–Trinajstić information content (AvgIpc) is 2.57. The highest BCUT2D eigenvalue weighted by Crippen LogP contribution is 2.29. The molecule has 0 radical (unpaired) electrons. The normalized spacial score (nSPS) is 16.9. The maximum Gasteiger partial charge on any atom is 0.0471 e. The van der Waals surface area contributed by atoms with E-state index in [2.05, 4.69) is 56.7 Å². The number of nitrogens with one attached hydrogen (secondary N) is 2. The van der Waals surface area contributed by atoms with Crippen molar-refractivity contribution in [1.82, 2.24) is 10.3 Å². The van der Waals surface area contributed by atoms with E-state index in [4.69, 9.17) is 0 Å². The molecule has 1 aromatic heterocycles. The highest BCUT2D eigenvalue weighted by Gasteiger charge is 2.10.